The quantitative estimate of drug-likeness (QED) is 0.345. The molecule has 0 aliphatic carbocycles. The Morgan fingerprint density at radius 1 is 1.13 bits per heavy atom. The van der Waals surface area contributed by atoms with Crippen molar-refractivity contribution in [3.63, 3.8) is 0 Å². The smallest absolute Gasteiger partial charge is 0.236 e. The number of benzene rings is 2. The molecule has 4 rings (SSSR count). The van der Waals surface area contributed by atoms with Gasteiger partial charge in [-0.25, -0.2) is 0 Å². The third-order valence-electron chi connectivity index (χ3n) is 4.51. The molecule has 0 radical (unpaired) electrons. The Morgan fingerprint density at radius 2 is 1.90 bits per heavy atom. The molecule has 31 heavy (non-hydrogen) atoms. The standard InChI is InChI=1S/C22H20BrN5O2S/c1-15-13-19(27-30-15)24-20(29)14-31-22-26-25-21(17-7-9-18(23)10-8-17)28(22)12-11-16-5-3-2-4-6-16/h2-10,13H,11-12,14H2,1H3,(H,24,27,29). The number of nitrogens with one attached hydrogen (secondary N) is 1. The van der Waals surface area contributed by atoms with E-state index >= 15 is 0 Å². The first kappa shape index (κ1) is 21.3. The van der Waals surface area contributed by atoms with Gasteiger partial charge in [0, 0.05) is 22.6 Å². The fourth-order valence-electron chi connectivity index (χ4n) is 3.03. The number of thioether (sulfide) groups is 1. The Hall–Kier alpha value is -2.91. The van der Waals surface area contributed by atoms with Crippen molar-refractivity contribution < 1.29 is 9.32 Å². The fraction of sp³-hybridized carbons (Fsp3) is 0.182. The summed E-state index contributed by atoms with van der Waals surface area (Å²) in [6.07, 6.45) is 0.834. The van der Waals surface area contributed by atoms with Crippen LogP contribution in [0.5, 0.6) is 0 Å². The minimum atomic E-state index is -0.180. The molecule has 0 spiro atoms. The minimum Gasteiger partial charge on any atom is -0.360 e. The van der Waals surface area contributed by atoms with Crippen LogP contribution in [0.2, 0.25) is 0 Å². The first-order valence-electron chi connectivity index (χ1n) is 9.67. The van der Waals surface area contributed by atoms with Gasteiger partial charge in [-0.15, -0.1) is 10.2 Å². The molecule has 0 saturated carbocycles. The van der Waals surface area contributed by atoms with Gasteiger partial charge in [-0.1, -0.05) is 75.3 Å². The van der Waals surface area contributed by atoms with Crippen molar-refractivity contribution in [3.05, 3.63) is 76.5 Å². The van der Waals surface area contributed by atoms with Crippen LogP contribution in [0.1, 0.15) is 11.3 Å². The summed E-state index contributed by atoms with van der Waals surface area (Å²) in [7, 11) is 0. The van der Waals surface area contributed by atoms with Crippen LogP contribution in [0.3, 0.4) is 0 Å². The number of halogens is 1. The Balaban J connectivity index is 1.51. The van der Waals surface area contributed by atoms with Crippen LogP contribution >= 0.6 is 27.7 Å². The second kappa shape index (κ2) is 9.93. The maximum absolute atomic E-state index is 12.3. The number of carbonyl (C=O) groups is 1. The Bertz CT molecular complexity index is 1160. The van der Waals surface area contributed by atoms with E-state index in [2.05, 4.69) is 53.3 Å². The molecule has 2 heterocycles. The van der Waals surface area contributed by atoms with Crippen molar-refractivity contribution in [2.75, 3.05) is 11.1 Å². The average molecular weight is 498 g/mol. The van der Waals surface area contributed by atoms with Gasteiger partial charge >= 0.3 is 0 Å². The Kier molecular flexibility index (Phi) is 6.83. The maximum atomic E-state index is 12.3. The number of aromatic nitrogens is 4. The summed E-state index contributed by atoms with van der Waals surface area (Å²) in [6.45, 7) is 2.48. The average Bonchev–Trinajstić information content (AvgIpc) is 3.37. The third-order valence-corrected chi connectivity index (χ3v) is 6.01. The van der Waals surface area contributed by atoms with Crippen molar-refractivity contribution in [2.24, 2.45) is 0 Å². The number of hydrogen-bond acceptors (Lipinski definition) is 6. The van der Waals surface area contributed by atoms with Crippen molar-refractivity contribution in [1.82, 2.24) is 19.9 Å². The molecule has 0 aliphatic rings. The van der Waals surface area contributed by atoms with E-state index in [9.17, 15) is 4.79 Å². The lowest BCUT2D eigenvalue weighted by Crippen LogP contribution is -2.15. The van der Waals surface area contributed by atoms with Crippen LogP contribution < -0.4 is 5.32 Å². The summed E-state index contributed by atoms with van der Waals surface area (Å²) in [4.78, 5) is 12.3. The lowest BCUT2D eigenvalue weighted by Gasteiger charge is -2.10. The highest BCUT2D eigenvalue weighted by atomic mass is 79.9. The highest BCUT2D eigenvalue weighted by Crippen LogP contribution is 2.26. The highest BCUT2D eigenvalue weighted by molar-refractivity contribution is 9.10. The minimum absolute atomic E-state index is 0.180. The highest BCUT2D eigenvalue weighted by Gasteiger charge is 2.16. The number of aryl methyl sites for hydroxylation is 2. The Morgan fingerprint density at radius 3 is 2.61 bits per heavy atom. The topological polar surface area (TPSA) is 85.8 Å². The van der Waals surface area contributed by atoms with Crippen LogP contribution in [0.4, 0.5) is 5.82 Å². The third kappa shape index (κ3) is 5.62. The van der Waals surface area contributed by atoms with Crippen LogP contribution in [-0.4, -0.2) is 31.6 Å². The predicted octanol–water partition coefficient (Wildman–Crippen LogP) is 4.98. The molecule has 7 nitrogen and oxygen atoms in total. The second-order valence-electron chi connectivity index (χ2n) is 6.86. The normalized spacial score (nSPS) is 10.9. The van der Waals surface area contributed by atoms with Gasteiger partial charge < -0.3 is 14.4 Å². The van der Waals surface area contributed by atoms with E-state index in [-0.39, 0.29) is 11.7 Å². The molecule has 2 aromatic carbocycles. The molecule has 158 valence electrons. The van der Waals surface area contributed by atoms with Gasteiger partial charge in [0.2, 0.25) is 5.91 Å². The number of anilines is 1. The summed E-state index contributed by atoms with van der Waals surface area (Å²) < 4.78 is 8.05. The molecule has 0 fully saturated rings. The largest absolute Gasteiger partial charge is 0.360 e. The number of carbonyl (C=O) groups excluding carboxylic acids is 1. The monoisotopic (exact) mass is 497 g/mol. The summed E-state index contributed by atoms with van der Waals surface area (Å²) in [5.74, 6) is 1.84. The molecule has 0 saturated heterocycles. The summed E-state index contributed by atoms with van der Waals surface area (Å²) in [5, 5.41) is 16.0. The zero-order valence-corrected chi connectivity index (χ0v) is 19.2. The molecule has 0 atom stereocenters. The van der Waals surface area contributed by atoms with Crippen molar-refractivity contribution in [1.29, 1.82) is 0 Å². The number of hydrogen-bond donors (Lipinski definition) is 1. The lowest BCUT2D eigenvalue weighted by atomic mass is 10.1. The van der Waals surface area contributed by atoms with Gasteiger partial charge in [0.05, 0.1) is 5.75 Å². The maximum Gasteiger partial charge on any atom is 0.236 e. The van der Waals surface area contributed by atoms with Crippen LogP contribution in [0.15, 0.2) is 74.8 Å². The molecule has 0 unspecified atom stereocenters. The van der Waals surface area contributed by atoms with E-state index in [1.165, 1.54) is 17.3 Å². The van der Waals surface area contributed by atoms with Gasteiger partial charge in [-0.2, -0.15) is 0 Å². The molecule has 2 aromatic heterocycles. The summed E-state index contributed by atoms with van der Waals surface area (Å²) >= 11 is 4.81. The summed E-state index contributed by atoms with van der Waals surface area (Å²) in [5.41, 5.74) is 2.20. The number of amides is 1. The first-order valence-corrected chi connectivity index (χ1v) is 11.5. The number of rotatable bonds is 8. The van der Waals surface area contributed by atoms with Crippen LogP contribution in [0, 0.1) is 6.92 Å². The van der Waals surface area contributed by atoms with Gasteiger partial charge in [0.25, 0.3) is 0 Å². The first-order chi connectivity index (χ1) is 15.1. The molecule has 9 heteroatoms. The van der Waals surface area contributed by atoms with E-state index in [4.69, 9.17) is 4.52 Å². The van der Waals surface area contributed by atoms with E-state index < -0.39 is 0 Å². The van der Waals surface area contributed by atoms with Crippen molar-refractivity contribution in [3.8, 4) is 11.4 Å². The van der Waals surface area contributed by atoms with Crippen molar-refractivity contribution >= 4 is 39.4 Å². The van der Waals surface area contributed by atoms with E-state index in [0.717, 1.165) is 22.3 Å². The summed E-state index contributed by atoms with van der Waals surface area (Å²) in [6, 6.07) is 19.9. The zero-order valence-electron chi connectivity index (χ0n) is 16.8. The van der Waals surface area contributed by atoms with Gasteiger partial charge in [0.1, 0.15) is 5.76 Å². The Labute approximate surface area is 192 Å². The van der Waals surface area contributed by atoms with Crippen molar-refractivity contribution in [2.45, 2.75) is 25.0 Å². The van der Waals surface area contributed by atoms with Gasteiger partial charge in [0.15, 0.2) is 16.8 Å². The van der Waals surface area contributed by atoms with E-state index in [1.807, 2.05) is 42.5 Å². The predicted molar refractivity (Wildman–Crippen MR) is 124 cm³/mol. The number of nitrogens with zero attached hydrogens (tertiary/aromatic N) is 4. The fourth-order valence-corrected chi connectivity index (χ4v) is 4.06. The second-order valence-corrected chi connectivity index (χ2v) is 8.72. The molecule has 1 amide bonds. The molecule has 1 N–H and O–H groups in total. The lowest BCUT2D eigenvalue weighted by molar-refractivity contribution is -0.113. The molecule has 0 bridgehead atoms. The SMILES string of the molecule is Cc1cc(NC(=O)CSc2nnc(-c3ccc(Br)cc3)n2CCc2ccccc2)no1. The molecule has 4 aromatic rings. The van der Waals surface area contributed by atoms with Crippen LogP contribution in [-0.2, 0) is 17.8 Å². The molecular weight excluding hydrogens is 478 g/mol. The van der Waals surface area contributed by atoms with Gasteiger partial charge in [-0.3, -0.25) is 4.79 Å². The van der Waals surface area contributed by atoms with Crippen LogP contribution in [0.25, 0.3) is 11.4 Å². The van der Waals surface area contributed by atoms with E-state index in [1.54, 1.807) is 13.0 Å². The molecular formula is C22H20BrN5O2S. The van der Waals surface area contributed by atoms with E-state index in [0.29, 0.717) is 23.3 Å². The zero-order chi connectivity index (χ0) is 21.6. The van der Waals surface area contributed by atoms with Gasteiger partial charge in [-0.05, 0) is 31.0 Å². The molecule has 0 aliphatic heterocycles.